The van der Waals surface area contributed by atoms with Gasteiger partial charge in [0.05, 0.1) is 0 Å². The Bertz CT molecular complexity index is 126. The van der Waals surface area contributed by atoms with Gasteiger partial charge < -0.3 is 0 Å². The van der Waals surface area contributed by atoms with E-state index >= 15 is 0 Å². The van der Waals surface area contributed by atoms with Gasteiger partial charge in [-0.1, -0.05) is 33.8 Å². The lowest BCUT2D eigenvalue weighted by atomic mass is 10.2. The van der Waals surface area contributed by atoms with Crippen LogP contribution in [0.5, 0.6) is 0 Å². The predicted molar refractivity (Wildman–Crippen MR) is 57.4 cm³/mol. The molecule has 0 bridgehead atoms. The smallest absolute Gasteiger partial charge is 0.0449 e. The van der Waals surface area contributed by atoms with E-state index in [9.17, 15) is 0 Å². The lowest BCUT2D eigenvalue weighted by molar-refractivity contribution is 0.832. The third-order valence-corrected chi connectivity index (χ3v) is 1.20. The number of thiol groups is 1. The van der Waals surface area contributed by atoms with Crippen molar-refractivity contribution in [2.45, 2.75) is 34.6 Å². The van der Waals surface area contributed by atoms with Crippen molar-refractivity contribution in [2.24, 2.45) is 10.3 Å². The third kappa shape index (κ3) is 12.9. The average Bonchev–Trinajstić information content (AvgIpc) is 2.04. The van der Waals surface area contributed by atoms with Gasteiger partial charge in [-0.05, 0) is 31.7 Å². The largest absolute Gasteiger partial charge is 0.225 e. The molecule has 0 saturated heterocycles. The van der Waals surface area contributed by atoms with E-state index in [4.69, 9.17) is 0 Å². The summed E-state index contributed by atoms with van der Waals surface area (Å²) in [5.41, 5.74) is 0.951. The molecule has 0 atom stereocenters. The summed E-state index contributed by atoms with van der Waals surface area (Å²) in [4.78, 5) is 0. The fraction of sp³-hybridized carbons (Fsp3) is 0.667. The fourth-order valence-corrected chi connectivity index (χ4v) is 0.432. The molecule has 11 heavy (non-hydrogen) atoms. The van der Waals surface area contributed by atoms with Gasteiger partial charge in [0, 0.05) is 5.71 Å². The second-order valence-corrected chi connectivity index (χ2v) is 2.54. The van der Waals surface area contributed by atoms with Gasteiger partial charge in [0.2, 0.25) is 0 Å². The first kappa shape index (κ1) is 13.4. The molecule has 0 saturated carbocycles. The lowest BCUT2D eigenvalue weighted by Crippen LogP contribution is -1.83. The van der Waals surface area contributed by atoms with Gasteiger partial charge in [0.25, 0.3) is 0 Å². The van der Waals surface area contributed by atoms with Crippen LogP contribution in [0.3, 0.4) is 0 Å². The highest BCUT2D eigenvalue weighted by Crippen LogP contribution is 1.94. The van der Waals surface area contributed by atoms with Crippen molar-refractivity contribution in [1.29, 1.82) is 0 Å². The van der Waals surface area contributed by atoms with E-state index in [1.165, 1.54) is 0 Å². The van der Waals surface area contributed by atoms with E-state index in [1.807, 2.05) is 26.8 Å². The highest BCUT2D eigenvalue weighted by molar-refractivity contribution is 7.79. The van der Waals surface area contributed by atoms with Crippen molar-refractivity contribution in [3.8, 4) is 0 Å². The quantitative estimate of drug-likeness (QED) is 0.484. The molecule has 66 valence electrons. The number of hydrogen-bond acceptors (Lipinski definition) is 2. The first-order valence-electron chi connectivity index (χ1n) is 4.03. The summed E-state index contributed by atoms with van der Waals surface area (Å²) >= 11 is 3.75. The Labute approximate surface area is 76.2 Å². The molecule has 0 aliphatic heterocycles. The Morgan fingerprint density at radius 3 is 2.09 bits per heavy atom. The van der Waals surface area contributed by atoms with Crippen molar-refractivity contribution in [1.82, 2.24) is 0 Å². The second-order valence-electron chi connectivity index (χ2n) is 2.34. The Hall–Kier alpha value is -0.240. The summed E-state index contributed by atoms with van der Waals surface area (Å²) < 4.78 is 3.68. The lowest BCUT2D eigenvalue weighted by Gasteiger charge is -1.91. The number of allylic oxidation sites excluding steroid dienone is 2. The molecular formula is C9H19NS. The van der Waals surface area contributed by atoms with E-state index in [1.54, 1.807) is 0 Å². The van der Waals surface area contributed by atoms with Crippen LogP contribution < -0.4 is 0 Å². The standard InChI is InChI=1S/C7H13NS.C2H6/c1-6(2)4-5-7(3)8-9;1-2/h4-6,9H,1-3H3;1-2H3/b5-4-,8-7-;. The van der Waals surface area contributed by atoms with Crippen LogP contribution in [0.15, 0.2) is 16.5 Å². The predicted octanol–water partition coefficient (Wildman–Crippen LogP) is 3.53. The zero-order valence-corrected chi connectivity index (χ0v) is 9.02. The second kappa shape index (κ2) is 9.76. The molecule has 0 aliphatic rings. The maximum absolute atomic E-state index is 3.75. The molecule has 0 radical (unpaired) electrons. The molecule has 0 aromatic rings. The molecule has 0 aromatic heterocycles. The fourth-order valence-electron chi connectivity index (χ4n) is 0.365. The van der Waals surface area contributed by atoms with Crippen molar-refractivity contribution < 1.29 is 0 Å². The molecule has 0 aromatic carbocycles. The van der Waals surface area contributed by atoms with Gasteiger partial charge in [0.15, 0.2) is 0 Å². The Balaban J connectivity index is 0. The van der Waals surface area contributed by atoms with Crippen LogP contribution in [0.1, 0.15) is 34.6 Å². The maximum Gasteiger partial charge on any atom is 0.0449 e. The Kier molecular flexibility index (Phi) is 11.9. The zero-order chi connectivity index (χ0) is 9.28. The third-order valence-electron chi connectivity index (χ3n) is 0.880. The highest BCUT2D eigenvalue weighted by Gasteiger charge is 1.83. The number of rotatable bonds is 2. The van der Waals surface area contributed by atoms with Crippen molar-refractivity contribution >= 4 is 18.5 Å². The molecule has 0 fully saturated rings. The van der Waals surface area contributed by atoms with E-state index in [0.717, 1.165) is 5.71 Å². The van der Waals surface area contributed by atoms with Crippen LogP contribution >= 0.6 is 12.8 Å². The normalized spacial score (nSPS) is 11.7. The van der Waals surface area contributed by atoms with E-state index in [0.29, 0.717) is 5.92 Å². The van der Waals surface area contributed by atoms with Gasteiger partial charge >= 0.3 is 0 Å². The van der Waals surface area contributed by atoms with Crippen LogP contribution in [-0.4, -0.2) is 5.71 Å². The Morgan fingerprint density at radius 2 is 1.82 bits per heavy atom. The molecule has 0 spiro atoms. The molecule has 0 rings (SSSR count). The topological polar surface area (TPSA) is 12.4 Å². The maximum atomic E-state index is 3.75. The molecule has 2 heteroatoms. The highest BCUT2D eigenvalue weighted by atomic mass is 32.1. The minimum atomic E-state index is 0.593. The van der Waals surface area contributed by atoms with E-state index in [-0.39, 0.29) is 0 Å². The zero-order valence-electron chi connectivity index (χ0n) is 8.13. The van der Waals surface area contributed by atoms with Crippen LogP contribution in [0.25, 0.3) is 0 Å². The molecule has 0 aliphatic carbocycles. The molecule has 0 N–H and O–H groups in total. The number of hydrogen-bond donors (Lipinski definition) is 1. The minimum absolute atomic E-state index is 0.593. The van der Waals surface area contributed by atoms with Gasteiger partial charge in [-0.25, -0.2) is 4.40 Å². The molecule has 0 heterocycles. The van der Waals surface area contributed by atoms with Crippen LogP contribution in [0.2, 0.25) is 0 Å². The minimum Gasteiger partial charge on any atom is -0.225 e. The monoisotopic (exact) mass is 173 g/mol. The van der Waals surface area contributed by atoms with Crippen LogP contribution in [-0.2, 0) is 0 Å². The summed E-state index contributed by atoms with van der Waals surface area (Å²) in [5.74, 6) is 0.593. The molecular weight excluding hydrogens is 154 g/mol. The molecule has 1 nitrogen and oxygen atoms in total. The van der Waals surface area contributed by atoms with Gasteiger partial charge in [-0.2, -0.15) is 0 Å². The first-order chi connectivity index (χ1) is 5.16. The van der Waals surface area contributed by atoms with Crippen molar-refractivity contribution in [3.05, 3.63) is 12.2 Å². The van der Waals surface area contributed by atoms with Gasteiger partial charge in [-0.3, -0.25) is 0 Å². The van der Waals surface area contributed by atoms with E-state index < -0.39 is 0 Å². The van der Waals surface area contributed by atoms with Crippen molar-refractivity contribution in [3.63, 3.8) is 0 Å². The number of nitrogens with zero attached hydrogens (tertiary/aromatic N) is 1. The summed E-state index contributed by atoms with van der Waals surface area (Å²) in [6.45, 7) is 10.2. The summed E-state index contributed by atoms with van der Waals surface area (Å²) in [6, 6.07) is 0. The Morgan fingerprint density at radius 1 is 1.36 bits per heavy atom. The first-order valence-corrected chi connectivity index (χ1v) is 4.43. The molecule has 0 amide bonds. The van der Waals surface area contributed by atoms with Gasteiger partial charge in [-0.15, -0.1) is 0 Å². The van der Waals surface area contributed by atoms with Crippen LogP contribution in [0, 0.1) is 5.92 Å². The summed E-state index contributed by atoms with van der Waals surface area (Å²) in [5, 5.41) is 0. The summed E-state index contributed by atoms with van der Waals surface area (Å²) in [7, 11) is 0. The van der Waals surface area contributed by atoms with Gasteiger partial charge in [0.1, 0.15) is 0 Å². The summed E-state index contributed by atoms with van der Waals surface area (Å²) in [6.07, 6.45) is 4.06. The van der Waals surface area contributed by atoms with Crippen molar-refractivity contribution in [2.75, 3.05) is 0 Å². The van der Waals surface area contributed by atoms with Crippen LogP contribution in [0.4, 0.5) is 0 Å². The van der Waals surface area contributed by atoms with E-state index in [2.05, 4.69) is 37.1 Å². The molecule has 0 unspecified atom stereocenters. The SMILES string of the molecule is CC.CC(/C=C\C(C)C)=N/S. The average molecular weight is 173 g/mol.